The summed E-state index contributed by atoms with van der Waals surface area (Å²) in [5, 5.41) is 8.17. The average molecular weight is 419 g/mol. The summed E-state index contributed by atoms with van der Waals surface area (Å²) in [5.41, 5.74) is 1.04. The largest absolute Gasteiger partial charge is 0.493 e. The molecule has 0 bridgehead atoms. The van der Waals surface area contributed by atoms with Gasteiger partial charge < -0.3 is 25.0 Å². The van der Waals surface area contributed by atoms with Crippen LogP contribution in [-0.4, -0.2) is 55.7 Å². The second kappa shape index (κ2) is 10.1. The molecule has 1 aromatic heterocycles. The lowest BCUT2D eigenvalue weighted by Gasteiger charge is -2.31. The minimum absolute atomic E-state index is 0.0808. The standard InChI is InChI=1S/C20H26N4O4S/c1-27-16-6-5-14(12-17(16)28-2)7-8-22-20(26)24-10-3-4-15(13-24)18(25)23-19-21-9-11-29-19/h5-6,9,11-12,15H,3-4,7-8,10,13H2,1-2H3,(H,22,26)(H,21,23,25). The van der Waals surface area contributed by atoms with E-state index in [1.165, 1.54) is 11.3 Å². The molecule has 1 aliphatic rings. The van der Waals surface area contributed by atoms with Gasteiger partial charge in [0.05, 0.1) is 20.1 Å². The fourth-order valence-corrected chi connectivity index (χ4v) is 3.86. The van der Waals surface area contributed by atoms with Crippen LogP contribution in [0.3, 0.4) is 0 Å². The molecule has 0 radical (unpaired) electrons. The first-order valence-electron chi connectivity index (χ1n) is 9.54. The van der Waals surface area contributed by atoms with Crippen molar-refractivity contribution < 1.29 is 19.1 Å². The molecule has 2 N–H and O–H groups in total. The van der Waals surface area contributed by atoms with E-state index in [1.807, 2.05) is 23.6 Å². The Hall–Kier alpha value is -2.81. The quantitative estimate of drug-likeness (QED) is 0.721. The molecule has 1 aromatic carbocycles. The molecular formula is C20H26N4O4S. The highest BCUT2D eigenvalue weighted by Gasteiger charge is 2.28. The van der Waals surface area contributed by atoms with Crippen molar-refractivity contribution >= 4 is 28.4 Å². The van der Waals surface area contributed by atoms with Gasteiger partial charge in [0, 0.05) is 31.2 Å². The first-order chi connectivity index (χ1) is 14.1. The molecule has 8 nitrogen and oxygen atoms in total. The van der Waals surface area contributed by atoms with Crippen LogP contribution in [0.5, 0.6) is 11.5 Å². The zero-order valence-electron chi connectivity index (χ0n) is 16.6. The number of piperidine rings is 1. The van der Waals surface area contributed by atoms with Crippen LogP contribution in [0.2, 0.25) is 0 Å². The summed E-state index contributed by atoms with van der Waals surface area (Å²) in [6, 6.07) is 5.57. The smallest absolute Gasteiger partial charge is 0.317 e. The van der Waals surface area contributed by atoms with Gasteiger partial charge in [0.1, 0.15) is 0 Å². The normalized spacial score (nSPS) is 16.2. The molecule has 0 aliphatic carbocycles. The summed E-state index contributed by atoms with van der Waals surface area (Å²) in [6.07, 6.45) is 3.90. The minimum atomic E-state index is -0.218. The Morgan fingerprint density at radius 1 is 1.28 bits per heavy atom. The van der Waals surface area contributed by atoms with Crippen LogP contribution in [0.4, 0.5) is 9.93 Å². The lowest BCUT2D eigenvalue weighted by Crippen LogP contribution is -2.48. The van der Waals surface area contributed by atoms with E-state index < -0.39 is 0 Å². The number of urea groups is 1. The number of carbonyl (C=O) groups is 2. The second-order valence-corrected chi connectivity index (χ2v) is 7.68. The maximum Gasteiger partial charge on any atom is 0.317 e. The van der Waals surface area contributed by atoms with Gasteiger partial charge in [-0.15, -0.1) is 11.3 Å². The molecule has 156 valence electrons. The van der Waals surface area contributed by atoms with Crippen LogP contribution >= 0.6 is 11.3 Å². The number of methoxy groups -OCH3 is 2. The van der Waals surface area contributed by atoms with Gasteiger partial charge in [0.15, 0.2) is 16.6 Å². The number of nitrogens with zero attached hydrogens (tertiary/aromatic N) is 2. The molecule has 1 aliphatic heterocycles. The number of amides is 3. The number of benzene rings is 1. The number of anilines is 1. The van der Waals surface area contributed by atoms with Gasteiger partial charge in [-0.05, 0) is 37.0 Å². The molecule has 1 saturated heterocycles. The molecule has 1 atom stereocenters. The number of rotatable bonds is 7. The number of carbonyl (C=O) groups excluding carboxylic acids is 2. The van der Waals surface area contributed by atoms with Crippen molar-refractivity contribution in [1.29, 1.82) is 0 Å². The van der Waals surface area contributed by atoms with E-state index in [4.69, 9.17) is 9.47 Å². The third kappa shape index (κ3) is 5.60. The molecule has 1 fully saturated rings. The van der Waals surface area contributed by atoms with Crippen molar-refractivity contribution in [3.8, 4) is 11.5 Å². The van der Waals surface area contributed by atoms with Gasteiger partial charge in [-0.2, -0.15) is 0 Å². The molecular weight excluding hydrogens is 392 g/mol. The van der Waals surface area contributed by atoms with Crippen molar-refractivity contribution in [2.24, 2.45) is 5.92 Å². The molecule has 2 heterocycles. The van der Waals surface area contributed by atoms with Crippen LogP contribution < -0.4 is 20.1 Å². The van der Waals surface area contributed by atoms with E-state index in [-0.39, 0.29) is 17.9 Å². The predicted octanol–water partition coefficient (Wildman–Crippen LogP) is 2.76. The van der Waals surface area contributed by atoms with E-state index >= 15 is 0 Å². The van der Waals surface area contributed by atoms with Crippen molar-refractivity contribution in [3.05, 3.63) is 35.3 Å². The highest BCUT2D eigenvalue weighted by Crippen LogP contribution is 2.27. The number of nitrogens with one attached hydrogen (secondary N) is 2. The molecule has 29 heavy (non-hydrogen) atoms. The number of aromatic nitrogens is 1. The average Bonchev–Trinajstić information content (AvgIpc) is 3.26. The number of ether oxygens (including phenoxy) is 2. The minimum Gasteiger partial charge on any atom is -0.493 e. The fraction of sp³-hybridized carbons (Fsp3) is 0.450. The highest BCUT2D eigenvalue weighted by atomic mass is 32.1. The summed E-state index contributed by atoms with van der Waals surface area (Å²) in [4.78, 5) is 30.7. The van der Waals surface area contributed by atoms with Crippen LogP contribution in [0.15, 0.2) is 29.8 Å². The summed E-state index contributed by atoms with van der Waals surface area (Å²) < 4.78 is 10.5. The highest BCUT2D eigenvalue weighted by molar-refractivity contribution is 7.13. The zero-order chi connectivity index (χ0) is 20.6. The fourth-order valence-electron chi connectivity index (χ4n) is 3.33. The van der Waals surface area contributed by atoms with Gasteiger partial charge in [-0.3, -0.25) is 4.79 Å². The lowest BCUT2D eigenvalue weighted by molar-refractivity contribution is -0.121. The molecule has 3 rings (SSSR count). The zero-order valence-corrected chi connectivity index (χ0v) is 17.5. The molecule has 0 saturated carbocycles. The van der Waals surface area contributed by atoms with Gasteiger partial charge in [-0.25, -0.2) is 9.78 Å². The van der Waals surface area contributed by atoms with E-state index in [2.05, 4.69) is 15.6 Å². The van der Waals surface area contributed by atoms with Crippen LogP contribution in [0.1, 0.15) is 18.4 Å². The lowest BCUT2D eigenvalue weighted by atomic mass is 9.97. The summed E-state index contributed by atoms with van der Waals surface area (Å²) in [5.74, 6) is 1.05. The van der Waals surface area contributed by atoms with Gasteiger partial charge in [0.25, 0.3) is 0 Å². The third-order valence-electron chi connectivity index (χ3n) is 4.88. The summed E-state index contributed by atoms with van der Waals surface area (Å²) >= 11 is 1.38. The molecule has 1 unspecified atom stereocenters. The van der Waals surface area contributed by atoms with E-state index in [1.54, 1.807) is 25.3 Å². The topological polar surface area (TPSA) is 92.8 Å². The summed E-state index contributed by atoms with van der Waals surface area (Å²) in [6.45, 7) is 1.57. The Kier molecular flexibility index (Phi) is 7.29. The van der Waals surface area contributed by atoms with Crippen molar-refractivity contribution in [3.63, 3.8) is 0 Å². The predicted molar refractivity (Wildman–Crippen MR) is 112 cm³/mol. The van der Waals surface area contributed by atoms with E-state index in [0.29, 0.717) is 42.7 Å². The van der Waals surface area contributed by atoms with Gasteiger partial charge in [0.2, 0.25) is 5.91 Å². The number of thiazole rings is 1. The Morgan fingerprint density at radius 3 is 2.83 bits per heavy atom. The third-order valence-corrected chi connectivity index (χ3v) is 5.57. The van der Waals surface area contributed by atoms with E-state index in [0.717, 1.165) is 18.4 Å². The maximum atomic E-state index is 12.5. The Bertz CT molecular complexity index is 828. The number of likely N-dealkylation sites (tertiary alicyclic amines) is 1. The second-order valence-electron chi connectivity index (χ2n) is 6.78. The van der Waals surface area contributed by atoms with Gasteiger partial charge >= 0.3 is 6.03 Å². The summed E-state index contributed by atoms with van der Waals surface area (Å²) in [7, 11) is 3.20. The van der Waals surface area contributed by atoms with Crippen LogP contribution in [-0.2, 0) is 11.2 Å². The molecule has 9 heteroatoms. The Balaban J connectivity index is 1.47. The Labute approximate surface area is 174 Å². The van der Waals surface area contributed by atoms with Gasteiger partial charge in [-0.1, -0.05) is 6.07 Å². The monoisotopic (exact) mass is 418 g/mol. The molecule has 2 aromatic rings. The Morgan fingerprint density at radius 2 is 2.10 bits per heavy atom. The van der Waals surface area contributed by atoms with Crippen molar-refractivity contribution in [2.45, 2.75) is 19.3 Å². The number of hydrogen-bond acceptors (Lipinski definition) is 6. The first kappa shape index (κ1) is 20.9. The van der Waals surface area contributed by atoms with Crippen molar-refractivity contribution in [1.82, 2.24) is 15.2 Å². The molecule has 0 spiro atoms. The van der Waals surface area contributed by atoms with Crippen LogP contribution in [0.25, 0.3) is 0 Å². The maximum absolute atomic E-state index is 12.5. The van der Waals surface area contributed by atoms with Crippen molar-refractivity contribution in [2.75, 3.05) is 39.2 Å². The SMILES string of the molecule is COc1ccc(CCNC(=O)N2CCCC(C(=O)Nc3nccs3)C2)cc1OC. The number of hydrogen-bond donors (Lipinski definition) is 2. The van der Waals surface area contributed by atoms with E-state index in [9.17, 15) is 9.59 Å². The first-order valence-corrected chi connectivity index (χ1v) is 10.4. The molecule has 3 amide bonds. The van der Waals surface area contributed by atoms with Crippen LogP contribution in [0, 0.1) is 5.92 Å².